The Morgan fingerprint density at radius 2 is 2.19 bits per heavy atom. The molecule has 16 heavy (non-hydrogen) atoms. The first-order chi connectivity index (χ1) is 7.61. The third kappa shape index (κ3) is 4.72. The van der Waals surface area contributed by atoms with E-state index in [2.05, 4.69) is 34.2 Å². The number of hydrogen-bond donors (Lipinski definition) is 1. The molecule has 0 fully saturated rings. The van der Waals surface area contributed by atoms with Crippen LogP contribution in [0.25, 0.3) is 0 Å². The SMILES string of the molecule is CCNC(C)Cc1nc(CCN(C)C)no1. The second-order valence-electron chi connectivity index (χ2n) is 4.32. The Morgan fingerprint density at radius 1 is 1.44 bits per heavy atom. The third-order valence-electron chi connectivity index (χ3n) is 2.33. The van der Waals surface area contributed by atoms with Crippen molar-refractivity contribution in [2.24, 2.45) is 0 Å². The Kier molecular flexibility index (Phi) is 5.42. The summed E-state index contributed by atoms with van der Waals surface area (Å²) in [5, 5.41) is 7.28. The maximum Gasteiger partial charge on any atom is 0.228 e. The van der Waals surface area contributed by atoms with Crippen molar-refractivity contribution in [2.75, 3.05) is 27.2 Å². The van der Waals surface area contributed by atoms with Crippen LogP contribution >= 0.6 is 0 Å². The van der Waals surface area contributed by atoms with Gasteiger partial charge in [-0.2, -0.15) is 4.98 Å². The lowest BCUT2D eigenvalue weighted by Crippen LogP contribution is -2.27. The van der Waals surface area contributed by atoms with E-state index >= 15 is 0 Å². The minimum absolute atomic E-state index is 0.382. The molecule has 1 rings (SSSR count). The van der Waals surface area contributed by atoms with E-state index in [4.69, 9.17) is 4.52 Å². The van der Waals surface area contributed by atoms with E-state index in [0.717, 1.165) is 37.6 Å². The van der Waals surface area contributed by atoms with E-state index in [1.807, 2.05) is 14.1 Å². The van der Waals surface area contributed by atoms with Crippen molar-refractivity contribution >= 4 is 0 Å². The van der Waals surface area contributed by atoms with Crippen LogP contribution in [0, 0.1) is 0 Å². The molecule has 1 unspecified atom stereocenters. The van der Waals surface area contributed by atoms with Crippen LogP contribution in [-0.2, 0) is 12.8 Å². The van der Waals surface area contributed by atoms with E-state index < -0.39 is 0 Å². The van der Waals surface area contributed by atoms with Crippen molar-refractivity contribution in [1.82, 2.24) is 20.4 Å². The summed E-state index contributed by atoms with van der Waals surface area (Å²) in [4.78, 5) is 6.47. The van der Waals surface area contributed by atoms with Gasteiger partial charge in [-0.3, -0.25) is 0 Å². The number of hydrogen-bond acceptors (Lipinski definition) is 5. The first kappa shape index (κ1) is 13.1. The summed E-state index contributed by atoms with van der Waals surface area (Å²) in [6.07, 6.45) is 1.63. The number of likely N-dealkylation sites (N-methyl/N-ethyl adjacent to an activating group) is 2. The highest BCUT2D eigenvalue weighted by Gasteiger charge is 2.09. The Labute approximate surface area is 97.2 Å². The Bertz CT molecular complexity index is 298. The van der Waals surface area contributed by atoms with E-state index in [9.17, 15) is 0 Å². The molecule has 92 valence electrons. The highest BCUT2D eigenvalue weighted by molar-refractivity contribution is 4.89. The number of nitrogens with one attached hydrogen (secondary N) is 1. The zero-order chi connectivity index (χ0) is 12.0. The van der Waals surface area contributed by atoms with E-state index in [0.29, 0.717) is 6.04 Å². The molecule has 1 heterocycles. The van der Waals surface area contributed by atoms with Crippen LogP contribution in [0.4, 0.5) is 0 Å². The molecule has 1 aromatic heterocycles. The first-order valence-corrected chi connectivity index (χ1v) is 5.81. The predicted octanol–water partition coefficient (Wildman–Crippen LogP) is 0.714. The van der Waals surface area contributed by atoms with E-state index in [1.165, 1.54) is 0 Å². The fraction of sp³-hybridized carbons (Fsp3) is 0.818. The summed E-state index contributed by atoms with van der Waals surface area (Å²) in [6.45, 7) is 6.12. The minimum Gasteiger partial charge on any atom is -0.339 e. The lowest BCUT2D eigenvalue weighted by Gasteiger charge is -2.08. The fourth-order valence-corrected chi connectivity index (χ4v) is 1.48. The van der Waals surface area contributed by atoms with Crippen LogP contribution in [0.1, 0.15) is 25.6 Å². The molecule has 1 N–H and O–H groups in total. The average Bonchev–Trinajstić information content (AvgIpc) is 2.63. The minimum atomic E-state index is 0.382. The zero-order valence-corrected chi connectivity index (χ0v) is 10.7. The number of rotatable bonds is 7. The Balaban J connectivity index is 2.39. The molecule has 1 aromatic rings. The van der Waals surface area contributed by atoms with Crippen molar-refractivity contribution in [2.45, 2.75) is 32.7 Å². The molecule has 0 aliphatic rings. The molecule has 0 amide bonds. The van der Waals surface area contributed by atoms with Gasteiger partial charge in [0, 0.05) is 25.4 Å². The summed E-state index contributed by atoms with van der Waals surface area (Å²) in [5.41, 5.74) is 0. The van der Waals surface area contributed by atoms with Gasteiger partial charge in [-0.15, -0.1) is 0 Å². The molecule has 0 aliphatic heterocycles. The van der Waals surface area contributed by atoms with Crippen molar-refractivity contribution in [3.05, 3.63) is 11.7 Å². The average molecular weight is 226 g/mol. The highest BCUT2D eigenvalue weighted by atomic mass is 16.5. The van der Waals surface area contributed by atoms with Crippen LogP contribution in [0.15, 0.2) is 4.52 Å². The van der Waals surface area contributed by atoms with Crippen molar-refractivity contribution < 1.29 is 4.52 Å². The van der Waals surface area contributed by atoms with Crippen LogP contribution in [0.5, 0.6) is 0 Å². The molecule has 0 spiro atoms. The van der Waals surface area contributed by atoms with Gasteiger partial charge in [-0.1, -0.05) is 12.1 Å². The summed E-state index contributed by atoms with van der Waals surface area (Å²) >= 11 is 0. The summed E-state index contributed by atoms with van der Waals surface area (Å²) < 4.78 is 5.19. The lowest BCUT2D eigenvalue weighted by molar-refractivity contribution is 0.354. The van der Waals surface area contributed by atoms with Gasteiger partial charge in [0.15, 0.2) is 5.82 Å². The monoisotopic (exact) mass is 226 g/mol. The quantitative estimate of drug-likeness (QED) is 0.742. The Hall–Kier alpha value is -0.940. The van der Waals surface area contributed by atoms with Gasteiger partial charge in [-0.25, -0.2) is 0 Å². The van der Waals surface area contributed by atoms with E-state index in [-0.39, 0.29) is 0 Å². The van der Waals surface area contributed by atoms with Crippen molar-refractivity contribution in [1.29, 1.82) is 0 Å². The van der Waals surface area contributed by atoms with Gasteiger partial charge in [-0.05, 0) is 27.6 Å². The third-order valence-corrected chi connectivity index (χ3v) is 2.33. The molecular weight excluding hydrogens is 204 g/mol. The number of aromatic nitrogens is 2. The molecule has 5 heteroatoms. The fourth-order valence-electron chi connectivity index (χ4n) is 1.48. The largest absolute Gasteiger partial charge is 0.339 e. The van der Waals surface area contributed by atoms with Crippen molar-refractivity contribution in [3.63, 3.8) is 0 Å². The molecular formula is C11H22N4O. The molecule has 1 atom stereocenters. The van der Waals surface area contributed by atoms with Crippen LogP contribution < -0.4 is 5.32 Å². The second-order valence-corrected chi connectivity index (χ2v) is 4.32. The molecule has 0 bridgehead atoms. The van der Waals surface area contributed by atoms with E-state index in [1.54, 1.807) is 0 Å². The molecule has 0 saturated heterocycles. The molecule has 0 radical (unpaired) electrons. The molecule has 0 saturated carbocycles. The molecule has 0 aromatic carbocycles. The predicted molar refractivity (Wildman–Crippen MR) is 63.4 cm³/mol. The van der Waals surface area contributed by atoms with Crippen LogP contribution in [0.2, 0.25) is 0 Å². The molecule has 5 nitrogen and oxygen atoms in total. The second kappa shape index (κ2) is 6.60. The van der Waals surface area contributed by atoms with Crippen LogP contribution in [0.3, 0.4) is 0 Å². The maximum absolute atomic E-state index is 5.19. The molecule has 0 aliphatic carbocycles. The van der Waals surface area contributed by atoms with Gasteiger partial charge in [0.25, 0.3) is 0 Å². The van der Waals surface area contributed by atoms with Gasteiger partial charge >= 0.3 is 0 Å². The van der Waals surface area contributed by atoms with Crippen LogP contribution in [-0.4, -0.2) is 48.3 Å². The topological polar surface area (TPSA) is 54.2 Å². The van der Waals surface area contributed by atoms with Crippen molar-refractivity contribution in [3.8, 4) is 0 Å². The lowest BCUT2D eigenvalue weighted by atomic mass is 10.2. The first-order valence-electron chi connectivity index (χ1n) is 5.81. The number of nitrogens with zero attached hydrogens (tertiary/aromatic N) is 3. The Morgan fingerprint density at radius 3 is 2.81 bits per heavy atom. The standard InChI is InChI=1S/C11H22N4O/c1-5-12-9(2)8-11-13-10(14-16-11)6-7-15(3)4/h9,12H,5-8H2,1-4H3. The summed E-state index contributed by atoms with van der Waals surface area (Å²) in [5.74, 6) is 1.52. The normalized spacial score (nSPS) is 13.3. The van der Waals surface area contributed by atoms with Gasteiger partial charge < -0.3 is 14.7 Å². The van der Waals surface area contributed by atoms with Gasteiger partial charge in [0.1, 0.15) is 0 Å². The van der Waals surface area contributed by atoms with Gasteiger partial charge in [0.2, 0.25) is 5.89 Å². The maximum atomic E-state index is 5.19. The van der Waals surface area contributed by atoms with Gasteiger partial charge in [0.05, 0.1) is 0 Å². The highest BCUT2D eigenvalue weighted by Crippen LogP contribution is 2.02. The summed E-state index contributed by atoms with van der Waals surface area (Å²) in [7, 11) is 4.07. The smallest absolute Gasteiger partial charge is 0.228 e. The zero-order valence-electron chi connectivity index (χ0n) is 10.7. The summed E-state index contributed by atoms with van der Waals surface area (Å²) in [6, 6.07) is 0.382.